The third-order valence-electron chi connectivity index (χ3n) is 4.34. The summed E-state index contributed by atoms with van der Waals surface area (Å²) in [5, 5.41) is 5.40. The minimum absolute atomic E-state index is 0.188. The van der Waals surface area contributed by atoms with E-state index in [1.54, 1.807) is 19.4 Å². The number of halogens is 3. The normalized spacial score (nSPS) is 10.9. The van der Waals surface area contributed by atoms with Crippen LogP contribution in [0.4, 0.5) is 0 Å². The van der Waals surface area contributed by atoms with Crippen LogP contribution in [0.5, 0.6) is 11.5 Å². The lowest BCUT2D eigenvalue weighted by atomic mass is 10.2. The van der Waals surface area contributed by atoms with Crippen molar-refractivity contribution < 1.29 is 14.3 Å². The number of nitrogens with zero attached hydrogens (tertiary/aromatic N) is 1. The molecule has 0 saturated carbocycles. The first-order valence-electron chi connectivity index (χ1n) is 9.83. The van der Waals surface area contributed by atoms with E-state index in [4.69, 9.17) is 32.7 Å². The van der Waals surface area contributed by atoms with Crippen molar-refractivity contribution in [2.75, 3.05) is 12.9 Å². The highest BCUT2D eigenvalue weighted by molar-refractivity contribution is 9.10. The molecular formula is C24H21BrCl2N2O3S. The highest BCUT2D eigenvalue weighted by Gasteiger charge is 2.12. The first kappa shape index (κ1) is 25.4. The third-order valence-corrected chi connectivity index (χ3v) is 6.42. The van der Waals surface area contributed by atoms with Crippen LogP contribution in [0.25, 0.3) is 0 Å². The molecule has 0 atom stereocenters. The standard InChI is InChI=1S/C24H21BrCl2N2O3S/c1-31-22-11-18(10-21(25)24(22)32-13-16-5-7-19(26)8-6-16)12-28-29-23(30)15-33-14-17-3-2-4-20(27)9-17/h2-12H,13-15H2,1H3,(H,29,30)/b28-12-. The average Bonchev–Trinajstić information content (AvgIpc) is 2.79. The summed E-state index contributed by atoms with van der Waals surface area (Å²) in [6.07, 6.45) is 1.55. The SMILES string of the molecule is COc1cc(/C=N\NC(=O)CSCc2cccc(Cl)c2)cc(Br)c1OCc1ccc(Cl)cc1. The number of benzene rings is 3. The number of carbonyl (C=O) groups excluding carboxylic acids is 1. The fourth-order valence-corrected chi connectivity index (χ4v) is 4.47. The fraction of sp³-hybridized carbons (Fsp3) is 0.167. The molecule has 0 fully saturated rings. The lowest BCUT2D eigenvalue weighted by molar-refractivity contribution is -0.118. The quantitative estimate of drug-likeness (QED) is 0.218. The number of ether oxygens (including phenoxy) is 2. The van der Waals surface area contributed by atoms with Gasteiger partial charge in [0.25, 0.3) is 0 Å². The van der Waals surface area contributed by atoms with Crippen LogP contribution in [-0.4, -0.2) is 25.0 Å². The lowest BCUT2D eigenvalue weighted by Gasteiger charge is -2.13. The molecule has 0 aliphatic carbocycles. The Morgan fingerprint density at radius 1 is 1.09 bits per heavy atom. The van der Waals surface area contributed by atoms with Gasteiger partial charge in [-0.25, -0.2) is 5.43 Å². The van der Waals surface area contributed by atoms with Crippen molar-refractivity contribution in [3.8, 4) is 11.5 Å². The highest BCUT2D eigenvalue weighted by Crippen LogP contribution is 2.37. The van der Waals surface area contributed by atoms with Gasteiger partial charge < -0.3 is 9.47 Å². The maximum atomic E-state index is 12.0. The van der Waals surface area contributed by atoms with Gasteiger partial charge in [0, 0.05) is 15.8 Å². The predicted molar refractivity (Wildman–Crippen MR) is 140 cm³/mol. The van der Waals surface area contributed by atoms with Gasteiger partial charge in [-0.2, -0.15) is 5.10 Å². The summed E-state index contributed by atoms with van der Waals surface area (Å²) in [6, 6.07) is 18.6. The molecular weight excluding hydrogens is 547 g/mol. The van der Waals surface area contributed by atoms with E-state index in [-0.39, 0.29) is 11.7 Å². The molecule has 1 amide bonds. The predicted octanol–water partition coefficient (Wildman–Crippen LogP) is 6.73. The molecule has 0 radical (unpaired) electrons. The van der Waals surface area contributed by atoms with Gasteiger partial charge in [0.05, 0.1) is 23.5 Å². The maximum Gasteiger partial charge on any atom is 0.250 e. The minimum Gasteiger partial charge on any atom is -0.493 e. The van der Waals surface area contributed by atoms with Gasteiger partial charge in [-0.15, -0.1) is 11.8 Å². The summed E-state index contributed by atoms with van der Waals surface area (Å²) in [5.41, 5.74) is 5.33. The van der Waals surface area contributed by atoms with Gasteiger partial charge in [0.15, 0.2) is 11.5 Å². The zero-order valence-corrected chi connectivity index (χ0v) is 21.6. The topological polar surface area (TPSA) is 59.9 Å². The Hall–Kier alpha value is -2.19. The van der Waals surface area contributed by atoms with Gasteiger partial charge in [0.1, 0.15) is 6.61 Å². The second-order valence-corrected chi connectivity index (χ2v) is 9.58. The van der Waals surface area contributed by atoms with Crippen molar-refractivity contribution in [3.63, 3.8) is 0 Å². The lowest BCUT2D eigenvalue weighted by Crippen LogP contribution is -2.19. The van der Waals surface area contributed by atoms with E-state index in [2.05, 4.69) is 26.5 Å². The van der Waals surface area contributed by atoms with E-state index >= 15 is 0 Å². The Bertz CT molecular complexity index is 1130. The summed E-state index contributed by atoms with van der Waals surface area (Å²) < 4.78 is 12.1. The number of methoxy groups -OCH3 is 1. The molecule has 0 spiro atoms. The first-order chi connectivity index (χ1) is 15.9. The van der Waals surface area contributed by atoms with Crippen molar-refractivity contribution in [2.24, 2.45) is 5.10 Å². The Balaban J connectivity index is 1.52. The summed E-state index contributed by atoms with van der Waals surface area (Å²) >= 11 is 16.9. The molecule has 0 heterocycles. The molecule has 3 aromatic carbocycles. The number of amides is 1. The van der Waals surface area contributed by atoms with Crippen LogP contribution in [-0.2, 0) is 17.2 Å². The van der Waals surface area contributed by atoms with E-state index in [9.17, 15) is 4.79 Å². The molecule has 5 nitrogen and oxygen atoms in total. The van der Waals surface area contributed by atoms with Crippen LogP contribution in [0.1, 0.15) is 16.7 Å². The zero-order chi connectivity index (χ0) is 23.6. The van der Waals surface area contributed by atoms with Crippen molar-refractivity contribution >= 4 is 63.0 Å². The van der Waals surface area contributed by atoms with Gasteiger partial charge in [-0.05, 0) is 69.0 Å². The van der Waals surface area contributed by atoms with Crippen molar-refractivity contribution in [1.29, 1.82) is 0 Å². The molecule has 3 rings (SSSR count). The molecule has 9 heteroatoms. The number of thioether (sulfide) groups is 1. The first-order valence-corrected chi connectivity index (χ1v) is 12.5. The molecule has 172 valence electrons. The Morgan fingerprint density at radius 2 is 1.88 bits per heavy atom. The monoisotopic (exact) mass is 566 g/mol. The van der Waals surface area contributed by atoms with Crippen LogP contribution in [0.2, 0.25) is 10.0 Å². The van der Waals surface area contributed by atoms with E-state index < -0.39 is 0 Å². The molecule has 0 aromatic heterocycles. The fourth-order valence-electron chi connectivity index (χ4n) is 2.79. The molecule has 0 bridgehead atoms. The Morgan fingerprint density at radius 3 is 2.61 bits per heavy atom. The smallest absolute Gasteiger partial charge is 0.250 e. The average molecular weight is 568 g/mol. The third kappa shape index (κ3) is 8.27. The molecule has 0 aliphatic heterocycles. The van der Waals surface area contributed by atoms with Crippen LogP contribution in [0.15, 0.2) is 70.2 Å². The number of rotatable bonds is 10. The Labute approximate surface area is 215 Å². The number of hydrogen-bond donors (Lipinski definition) is 1. The van der Waals surface area contributed by atoms with Crippen LogP contribution < -0.4 is 14.9 Å². The summed E-state index contributed by atoms with van der Waals surface area (Å²) in [4.78, 5) is 12.0. The van der Waals surface area contributed by atoms with E-state index in [1.807, 2.05) is 54.6 Å². The van der Waals surface area contributed by atoms with Crippen molar-refractivity contribution in [3.05, 3.63) is 91.9 Å². The van der Waals surface area contributed by atoms with Gasteiger partial charge in [0.2, 0.25) is 5.91 Å². The van der Waals surface area contributed by atoms with Crippen LogP contribution in [0, 0.1) is 0 Å². The van der Waals surface area contributed by atoms with Crippen molar-refractivity contribution in [2.45, 2.75) is 12.4 Å². The molecule has 0 unspecified atom stereocenters. The van der Waals surface area contributed by atoms with Gasteiger partial charge >= 0.3 is 0 Å². The summed E-state index contributed by atoms with van der Waals surface area (Å²) in [7, 11) is 1.57. The highest BCUT2D eigenvalue weighted by atomic mass is 79.9. The number of nitrogens with one attached hydrogen (secondary N) is 1. The van der Waals surface area contributed by atoms with Gasteiger partial charge in [-0.1, -0.05) is 47.5 Å². The maximum absolute atomic E-state index is 12.0. The second-order valence-electron chi connectivity index (χ2n) is 6.87. The summed E-state index contributed by atoms with van der Waals surface area (Å²) in [5.74, 6) is 1.91. The second kappa shape index (κ2) is 12.9. The Kier molecular flexibility index (Phi) is 9.94. The number of carbonyl (C=O) groups is 1. The minimum atomic E-state index is -0.188. The van der Waals surface area contributed by atoms with Crippen LogP contribution >= 0.6 is 50.9 Å². The van der Waals surface area contributed by atoms with Crippen LogP contribution in [0.3, 0.4) is 0 Å². The molecule has 0 aliphatic rings. The molecule has 0 saturated heterocycles. The number of hydrazone groups is 1. The number of hydrogen-bond acceptors (Lipinski definition) is 5. The molecule has 1 N–H and O–H groups in total. The van der Waals surface area contributed by atoms with Crippen molar-refractivity contribution in [1.82, 2.24) is 5.43 Å². The molecule has 33 heavy (non-hydrogen) atoms. The largest absolute Gasteiger partial charge is 0.493 e. The summed E-state index contributed by atoms with van der Waals surface area (Å²) in [6.45, 7) is 0.364. The van der Waals surface area contributed by atoms with Gasteiger partial charge in [-0.3, -0.25) is 4.79 Å². The van der Waals surface area contributed by atoms with E-state index in [1.165, 1.54) is 11.8 Å². The van der Waals surface area contributed by atoms with E-state index in [0.717, 1.165) is 16.7 Å². The van der Waals surface area contributed by atoms with E-state index in [0.29, 0.717) is 38.4 Å². The zero-order valence-electron chi connectivity index (χ0n) is 17.7. The molecule has 3 aromatic rings.